The Labute approximate surface area is 121 Å². The van der Waals surface area contributed by atoms with Crippen molar-refractivity contribution in [3.63, 3.8) is 0 Å². The molecule has 19 heavy (non-hydrogen) atoms. The van der Waals surface area contributed by atoms with Gasteiger partial charge in [0.2, 0.25) is 0 Å². The highest BCUT2D eigenvalue weighted by Gasteiger charge is 2.16. The Morgan fingerprint density at radius 2 is 2.21 bits per heavy atom. The molecule has 5 heteroatoms. The molecule has 2 rings (SSSR count). The summed E-state index contributed by atoms with van der Waals surface area (Å²) in [6, 6.07) is 3.86. The van der Waals surface area contributed by atoms with Gasteiger partial charge in [-0.1, -0.05) is 13.0 Å². The second-order valence-electron chi connectivity index (χ2n) is 4.61. The summed E-state index contributed by atoms with van der Waals surface area (Å²) in [6.07, 6.45) is 5.17. The summed E-state index contributed by atoms with van der Waals surface area (Å²) < 4.78 is 2.86. The van der Waals surface area contributed by atoms with Crippen molar-refractivity contribution >= 4 is 15.9 Å². The summed E-state index contributed by atoms with van der Waals surface area (Å²) in [5.74, 6) is 0. The van der Waals surface area contributed by atoms with Gasteiger partial charge in [0.1, 0.15) is 0 Å². The van der Waals surface area contributed by atoms with Crippen LogP contribution in [-0.4, -0.2) is 26.0 Å². The van der Waals surface area contributed by atoms with Crippen LogP contribution in [0.15, 0.2) is 29.0 Å². The first-order valence-corrected chi connectivity index (χ1v) is 7.18. The van der Waals surface area contributed by atoms with Crippen LogP contribution in [0.25, 0.3) is 0 Å². The van der Waals surface area contributed by atoms with E-state index in [-0.39, 0.29) is 0 Å². The zero-order valence-electron chi connectivity index (χ0n) is 11.2. The second kappa shape index (κ2) is 6.30. The van der Waals surface area contributed by atoms with E-state index in [1.165, 1.54) is 0 Å². The van der Waals surface area contributed by atoms with Crippen LogP contribution < -0.4 is 0 Å². The molecule has 0 aliphatic rings. The van der Waals surface area contributed by atoms with E-state index in [1.54, 1.807) is 12.4 Å². The Morgan fingerprint density at radius 3 is 2.79 bits per heavy atom. The van der Waals surface area contributed by atoms with Crippen LogP contribution in [0.4, 0.5) is 0 Å². The molecule has 0 spiro atoms. The van der Waals surface area contributed by atoms with Crippen molar-refractivity contribution in [1.82, 2.24) is 14.8 Å². The predicted octanol–water partition coefficient (Wildman–Crippen LogP) is 2.29. The highest BCUT2D eigenvalue weighted by molar-refractivity contribution is 9.10. The number of aromatic nitrogens is 3. The van der Waals surface area contributed by atoms with Gasteiger partial charge in [-0.3, -0.25) is 9.67 Å². The van der Waals surface area contributed by atoms with Crippen molar-refractivity contribution in [2.45, 2.75) is 32.3 Å². The minimum atomic E-state index is -0.430. The van der Waals surface area contributed by atoms with Crippen molar-refractivity contribution in [3.05, 3.63) is 46.0 Å². The molecule has 102 valence electrons. The van der Waals surface area contributed by atoms with E-state index in [0.717, 1.165) is 27.8 Å². The third-order valence-electron chi connectivity index (χ3n) is 3.13. The van der Waals surface area contributed by atoms with E-state index in [1.807, 2.05) is 23.9 Å². The Bertz CT molecular complexity index is 539. The lowest BCUT2D eigenvalue weighted by molar-refractivity contribution is 0.172. The summed E-state index contributed by atoms with van der Waals surface area (Å²) in [5.41, 5.74) is 3.11. The molecule has 0 fully saturated rings. The lowest BCUT2D eigenvalue weighted by Gasteiger charge is -2.11. The number of rotatable bonds is 5. The van der Waals surface area contributed by atoms with E-state index in [4.69, 9.17) is 0 Å². The van der Waals surface area contributed by atoms with Crippen LogP contribution in [0.2, 0.25) is 0 Å². The maximum Gasteiger partial charge on any atom is 0.0766 e. The largest absolute Gasteiger partial charge is 0.392 e. The zero-order valence-corrected chi connectivity index (χ0v) is 12.8. The van der Waals surface area contributed by atoms with Crippen molar-refractivity contribution in [2.24, 2.45) is 7.05 Å². The van der Waals surface area contributed by atoms with E-state index in [0.29, 0.717) is 12.8 Å². The van der Waals surface area contributed by atoms with Crippen molar-refractivity contribution in [1.29, 1.82) is 0 Å². The molecule has 0 amide bonds. The molecule has 0 aliphatic heterocycles. The van der Waals surface area contributed by atoms with Gasteiger partial charge in [-0.2, -0.15) is 5.10 Å². The first-order valence-electron chi connectivity index (χ1n) is 6.39. The number of aryl methyl sites for hydroxylation is 2. The number of pyridine rings is 1. The summed E-state index contributed by atoms with van der Waals surface area (Å²) in [4.78, 5) is 4.06. The Hall–Kier alpha value is -1.20. The summed E-state index contributed by atoms with van der Waals surface area (Å²) in [5, 5.41) is 14.6. The SMILES string of the molecule is CCc1nn(C)c(CC(O)Cc2cccnc2)c1Br. The molecule has 1 N–H and O–H groups in total. The molecule has 1 atom stereocenters. The fraction of sp³-hybridized carbons (Fsp3) is 0.429. The minimum Gasteiger partial charge on any atom is -0.392 e. The van der Waals surface area contributed by atoms with Gasteiger partial charge in [-0.25, -0.2) is 0 Å². The average molecular weight is 324 g/mol. The Morgan fingerprint density at radius 1 is 1.42 bits per heavy atom. The van der Waals surface area contributed by atoms with Gasteiger partial charge in [-0.15, -0.1) is 0 Å². The molecule has 0 bridgehead atoms. The van der Waals surface area contributed by atoms with Crippen LogP contribution in [-0.2, 0) is 26.3 Å². The normalized spacial score (nSPS) is 12.6. The van der Waals surface area contributed by atoms with Gasteiger partial charge in [-0.05, 0) is 34.0 Å². The molecule has 0 aliphatic carbocycles. The van der Waals surface area contributed by atoms with Gasteiger partial charge in [0.05, 0.1) is 22.0 Å². The van der Waals surface area contributed by atoms with Crippen LogP contribution in [0.3, 0.4) is 0 Å². The van der Waals surface area contributed by atoms with Crippen molar-refractivity contribution < 1.29 is 5.11 Å². The molecule has 0 radical (unpaired) electrons. The summed E-state index contributed by atoms with van der Waals surface area (Å²) >= 11 is 3.57. The zero-order chi connectivity index (χ0) is 13.8. The van der Waals surface area contributed by atoms with Crippen LogP contribution in [0, 0.1) is 0 Å². The van der Waals surface area contributed by atoms with E-state index in [9.17, 15) is 5.11 Å². The van der Waals surface area contributed by atoms with Crippen molar-refractivity contribution in [3.8, 4) is 0 Å². The molecule has 0 saturated heterocycles. The maximum atomic E-state index is 10.2. The number of nitrogens with zero attached hydrogens (tertiary/aromatic N) is 3. The molecule has 2 heterocycles. The van der Waals surface area contributed by atoms with Crippen molar-refractivity contribution in [2.75, 3.05) is 0 Å². The highest BCUT2D eigenvalue weighted by atomic mass is 79.9. The number of aliphatic hydroxyl groups excluding tert-OH is 1. The molecule has 0 aromatic carbocycles. The van der Waals surface area contributed by atoms with Crippen LogP contribution >= 0.6 is 15.9 Å². The highest BCUT2D eigenvalue weighted by Crippen LogP contribution is 2.23. The smallest absolute Gasteiger partial charge is 0.0766 e. The van der Waals surface area contributed by atoms with Crippen LogP contribution in [0.5, 0.6) is 0 Å². The molecule has 4 nitrogen and oxygen atoms in total. The first kappa shape index (κ1) is 14.2. The van der Waals surface area contributed by atoms with Gasteiger partial charge in [0.15, 0.2) is 0 Å². The first-order chi connectivity index (χ1) is 9.11. The lowest BCUT2D eigenvalue weighted by atomic mass is 10.1. The standard InChI is InChI=1S/C14H18BrN3O/c1-3-12-14(15)13(18(2)17-12)8-11(19)7-10-5-4-6-16-9-10/h4-6,9,11,19H,3,7-8H2,1-2H3. The topological polar surface area (TPSA) is 50.9 Å². The molecule has 1 unspecified atom stereocenters. The molecule has 2 aromatic rings. The van der Waals surface area contributed by atoms with Gasteiger partial charge >= 0.3 is 0 Å². The third kappa shape index (κ3) is 3.42. The average Bonchev–Trinajstić information content (AvgIpc) is 2.67. The number of aliphatic hydroxyl groups is 1. The molecule has 0 saturated carbocycles. The van der Waals surface area contributed by atoms with Gasteiger partial charge < -0.3 is 5.11 Å². The Balaban J connectivity index is 2.07. The second-order valence-corrected chi connectivity index (χ2v) is 5.40. The van der Waals surface area contributed by atoms with Crippen LogP contribution in [0.1, 0.15) is 23.9 Å². The summed E-state index contributed by atoms with van der Waals surface area (Å²) in [7, 11) is 1.91. The van der Waals surface area contributed by atoms with E-state index >= 15 is 0 Å². The van der Waals surface area contributed by atoms with E-state index in [2.05, 4.69) is 32.9 Å². The quantitative estimate of drug-likeness (QED) is 0.918. The van der Waals surface area contributed by atoms with E-state index < -0.39 is 6.10 Å². The maximum absolute atomic E-state index is 10.2. The summed E-state index contributed by atoms with van der Waals surface area (Å²) in [6.45, 7) is 2.07. The monoisotopic (exact) mass is 323 g/mol. The molecular formula is C14H18BrN3O. The number of halogens is 1. The number of hydrogen-bond acceptors (Lipinski definition) is 3. The Kier molecular flexibility index (Phi) is 4.71. The fourth-order valence-electron chi connectivity index (χ4n) is 2.13. The van der Waals surface area contributed by atoms with Gasteiger partial charge in [0, 0.05) is 32.3 Å². The predicted molar refractivity (Wildman–Crippen MR) is 77.9 cm³/mol. The van der Waals surface area contributed by atoms with Gasteiger partial charge in [0.25, 0.3) is 0 Å². The molecule has 2 aromatic heterocycles. The third-order valence-corrected chi connectivity index (χ3v) is 4.04. The lowest BCUT2D eigenvalue weighted by Crippen LogP contribution is -2.16. The molecular weight excluding hydrogens is 306 g/mol. The minimum absolute atomic E-state index is 0.430. The number of hydrogen-bond donors (Lipinski definition) is 1. The fourth-order valence-corrected chi connectivity index (χ4v) is 2.91.